The first-order valence-corrected chi connectivity index (χ1v) is 5.96. The molecule has 5 heteroatoms. The zero-order valence-electron chi connectivity index (χ0n) is 10.5. The maximum Gasteiger partial charge on any atom is 0.338 e. The average Bonchev–Trinajstić information content (AvgIpc) is 2.42. The number of ether oxygens (including phenoxy) is 2. The first-order chi connectivity index (χ1) is 9.10. The number of nitrogens with zero attached hydrogens (tertiary/aromatic N) is 1. The molecular formula is C14H12ClNO3. The SMILES string of the molecule is COC(=O)c1ccnc(Oc2cc(C)ccc2Cl)c1. The van der Waals surface area contributed by atoms with Crippen LogP contribution in [0.1, 0.15) is 15.9 Å². The van der Waals surface area contributed by atoms with E-state index in [1.54, 1.807) is 18.2 Å². The molecule has 1 heterocycles. The van der Waals surface area contributed by atoms with Crippen molar-refractivity contribution < 1.29 is 14.3 Å². The maximum atomic E-state index is 11.4. The highest BCUT2D eigenvalue weighted by Gasteiger charge is 2.09. The van der Waals surface area contributed by atoms with Crippen molar-refractivity contribution in [2.45, 2.75) is 6.92 Å². The molecule has 0 N–H and O–H groups in total. The Balaban J connectivity index is 2.28. The van der Waals surface area contributed by atoms with Crippen LogP contribution in [0.3, 0.4) is 0 Å². The van der Waals surface area contributed by atoms with Crippen LogP contribution < -0.4 is 4.74 Å². The minimum Gasteiger partial charge on any atom is -0.465 e. The summed E-state index contributed by atoms with van der Waals surface area (Å²) in [5.41, 5.74) is 1.39. The van der Waals surface area contributed by atoms with E-state index < -0.39 is 5.97 Å². The van der Waals surface area contributed by atoms with Crippen LogP contribution >= 0.6 is 11.6 Å². The molecule has 0 bridgehead atoms. The van der Waals surface area contributed by atoms with E-state index >= 15 is 0 Å². The number of esters is 1. The van der Waals surface area contributed by atoms with E-state index in [0.717, 1.165) is 5.56 Å². The predicted molar refractivity (Wildman–Crippen MR) is 71.8 cm³/mol. The summed E-state index contributed by atoms with van der Waals surface area (Å²) in [6.07, 6.45) is 1.48. The van der Waals surface area contributed by atoms with Gasteiger partial charge >= 0.3 is 5.97 Å². The highest BCUT2D eigenvalue weighted by atomic mass is 35.5. The standard InChI is InChI=1S/C14H12ClNO3/c1-9-3-4-11(15)12(7-9)19-13-8-10(5-6-16-13)14(17)18-2/h3-8H,1-2H3. The molecule has 0 fully saturated rings. The van der Waals surface area contributed by atoms with Crippen molar-refractivity contribution in [3.8, 4) is 11.6 Å². The molecule has 1 aromatic heterocycles. The number of carbonyl (C=O) groups excluding carboxylic acids is 1. The van der Waals surface area contributed by atoms with Crippen molar-refractivity contribution in [3.05, 3.63) is 52.7 Å². The second kappa shape index (κ2) is 5.71. The first kappa shape index (κ1) is 13.4. The van der Waals surface area contributed by atoms with Gasteiger partial charge in [-0.05, 0) is 30.7 Å². The summed E-state index contributed by atoms with van der Waals surface area (Å²) in [6, 6.07) is 8.49. The van der Waals surface area contributed by atoms with Crippen molar-refractivity contribution in [3.63, 3.8) is 0 Å². The maximum absolute atomic E-state index is 11.4. The molecule has 1 aromatic carbocycles. The number of pyridine rings is 1. The summed E-state index contributed by atoms with van der Waals surface area (Å²) in [4.78, 5) is 15.4. The summed E-state index contributed by atoms with van der Waals surface area (Å²) < 4.78 is 10.2. The Hall–Kier alpha value is -2.07. The number of halogens is 1. The number of carbonyl (C=O) groups is 1. The van der Waals surface area contributed by atoms with Gasteiger partial charge in [-0.2, -0.15) is 0 Å². The van der Waals surface area contributed by atoms with Gasteiger partial charge in [-0.15, -0.1) is 0 Å². The van der Waals surface area contributed by atoms with Gasteiger partial charge in [0.2, 0.25) is 5.88 Å². The molecule has 0 saturated heterocycles. The molecule has 0 atom stereocenters. The van der Waals surface area contributed by atoms with Crippen molar-refractivity contribution in [2.24, 2.45) is 0 Å². The first-order valence-electron chi connectivity index (χ1n) is 5.58. The fourth-order valence-corrected chi connectivity index (χ4v) is 1.67. The minimum atomic E-state index is -0.442. The van der Waals surface area contributed by atoms with Gasteiger partial charge in [0.1, 0.15) is 5.75 Å². The molecule has 4 nitrogen and oxygen atoms in total. The zero-order chi connectivity index (χ0) is 13.8. The Morgan fingerprint density at radius 3 is 2.79 bits per heavy atom. The number of benzene rings is 1. The predicted octanol–water partition coefficient (Wildman–Crippen LogP) is 3.62. The number of methoxy groups -OCH3 is 1. The summed E-state index contributed by atoms with van der Waals surface area (Å²) in [6.45, 7) is 1.93. The normalized spacial score (nSPS) is 10.1. The lowest BCUT2D eigenvalue weighted by molar-refractivity contribution is 0.0600. The number of aromatic nitrogens is 1. The molecule has 0 aliphatic carbocycles. The summed E-state index contributed by atoms with van der Waals surface area (Å²) in [7, 11) is 1.32. The average molecular weight is 278 g/mol. The van der Waals surface area contributed by atoms with Gasteiger partial charge in [0, 0.05) is 12.3 Å². The molecule has 2 rings (SSSR count). The lowest BCUT2D eigenvalue weighted by atomic mass is 10.2. The van der Waals surface area contributed by atoms with Gasteiger partial charge in [-0.1, -0.05) is 17.7 Å². The second-order valence-electron chi connectivity index (χ2n) is 3.91. The van der Waals surface area contributed by atoms with Gasteiger partial charge in [0.05, 0.1) is 17.7 Å². The van der Waals surface area contributed by atoms with Crippen LogP contribution in [0.2, 0.25) is 5.02 Å². The Bertz CT molecular complexity index is 613. The number of hydrogen-bond donors (Lipinski definition) is 0. The molecule has 0 saturated carbocycles. The molecule has 0 unspecified atom stereocenters. The number of hydrogen-bond acceptors (Lipinski definition) is 4. The fraction of sp³-hybridized carbons (Fsp3) is 0.143. The Morgan fingerprint density at radius 2 is 2.05 bits per heavy atom. The molecule has 2 aromatic rings. The van der Waals surface area contributed by atoms with E-state index in [0.29, 0.717) is 16.3 Å². The summed E-state index contributed by atoms with van der Waals surface area (Å²) >= 11 is 6.03. The van der Waals surface area contributed by atoms with Crippen LogP contribution in [-0.4, -0.2) is 18.1 Å². The van der Waals surface area contributed by atoms with Gasteiger partial charge in [0.25, 0.3) is 0 Å². The Morgan fingerprint density at radius 1 is 1.26 bits per heavy atom. The van der Waals surface area contributed by atoms with E-state index in [4.69, 9.17) is 16.3 Å². The van der Waals surface area contributed by atoms with Gasteiger partial charge < -0.3 is 9.47 Å². The molecule has 0 aliphatic heterocycles. The summed E-state index contributed by atoms with van der Waals surface area (Å²) in [5, 5.41) is 0.482. The largest absolute Gasteiger partial charge is 0.465 e. The van der Waals surface area contributed by atoms with Crippen molar-refractivity contribution in [1.82, 2.24) is 4.98 Å². The summed E-state index contributed by atoms with van der Waals surface area (Å²) in [5.74, 6) is 0.342. The van der Waals surface area contributed by atoms with Crippen LogP contribution in [-0.2, 0) is 4.74 Å². The third-order valence-electron chi connectivity index (χ3n) is 2.46. The van der Waals surface area contributed by atoms with E-state index in [1.807, 2.05) is 13.0 Å². The van der Waals surface area contributed by atoms with Gasteiger partial charge in [-0.25, -0.2) is 9.78 Å². The minimum absolute atomic E-state index is 0.287. The topological polar surface area (TPSA) is 48.4 Å². The molecule has 0 amide bonds. The monoisotopic (exact) mass is 277 g/mol. The van der Waals surface area contributed by atoms with Gasteiger partial charge in [0.15, 0.2) is 0 Å². The highest BCUT2D eigenvalue weighted by Crippen LogP contribution is 2.29. The van der Waals surface area contributed by atoms with Crippen molar-refractivity contribution in [1.29, 1.82) is 0 Å². The van der Waals surface area contributed by atoms with E-state index in [1.165, 1.54) is 19.4 Å². The van der Waals surface area contributed by atoms with E-state index in [9.17, 15) is 4.79 Å². The molecule has 0 aliphatic rings. The van der Waals surface area contributed by atoms with Gasteiger partial charge in [-0.3, -0.25) is 0 Å². The van der Waals surface area contributed by atoms with Crippen molar-refractivity contribution >= 4 is 17.6 Å². The third kappa shape index (κ3) is 3.23. The van der Waals surface area contributed by atoms with E-state index in [-0.39, 0.29) is 5.88 Å². The lowest BCUT2D eigenvalue weighted by Gasteiger charge is -2.08. The lowest BCUT2D eigenvalue weighted by Crippen LogP contribution is -2.01. The smallest absolute Gasteiger partial charge is 0.338 e. The van der Waals surface area contributed by atoms with Crippen molar-refractivity contribution in [2.75, 3.05) is 7.11 Å². The Kier molecular flexibility index (Phi) is 4.02. The third-order valence-corrected chi connectivity index (χ3v) is 2.77. The Labute approximate surface area is 115 Å². The quantitative estimate of drug-likeness (QED) is 0.804. The van der Waals surface area contributed by atoms with Crippen LogP contribution in [0.25, 0.3) is 0 Å². The van der Waals surface area contributed by atoms with Crippen LogP contribution in [0.5, 0.6) is 11.6 Å². The number of aryl methyl sites for hydroxylation is 1. The zero-order valence-corrected chi connectivity index (χ0v) is 11.3. The fourth-order valence-electron chi connectivity index (χ4n) is 1.51. The van der Waals surface area contributed by atoms with Crippen LogP contribution in [0.15, 0.2) is 36.5 Å². The molecule has 0 radical (unpaired) electrons. The molecule has 98 valence electrons. The van der Waals surface area contributed by atoms with E-state index in [2.05, 4.69) is 9.72 Å². The van der Waals surface area contributed by atoms with Crippen LogP contribution in [0.4, 0.5) is 0 Å². The van der Waals surface area contributed by atoms with Crippen LogP contribution in [0, 0.1) is 6.92 Å². The highest BCUT2D eigenvalue weighted by molar-refractivity contribution is 6.32. The molecule has 0 spiro atoms. The molecular weight excluding hydrogens is 266 g/mol. The molecule has 19 heavy (non-hydrogen) atoms. The second-order valence-corrected chi connectivity index (χ2v) is 4.32. The number of rotatable bonds is 3.